The molecule has 2 aliphatic rings. The van der Waals surface area contributed by atoms with Gasteiger partial charge in [0.2, 0.25) is 0 Å². The summed E-state index contributed by atoms with van der Waals surface area (Å²) in [4.78, 5) is 11.5. The Hall–Kier alpha value is -1.91. The monoisotopic (exact) mass is 355 g/mol. The number of hydrogen-bond acceptors (Lipinski definition) is 8. The van der Waals surface area contributed by atoms with Crippen molar-refractivity contribution in [2.24, 2.45) is 0 Å². The first-order chi connectivity index (χ1) is 11.7. The van der Waals surface area contributed by atoms with Crippen molar-refractivity contribution in [2.45, 2.75) is 49.7 Å². The number of hydrogen-bond donors (Lipinski definition) is 6. The van der Waals surface area contributed by atoms with Crippen LogP contribution in [0, 0.1) is 0 Å². The Kier molecular flexibility index (Phi) is 4.60. The quantitative estimate of drug-likeness (QED) is 0.363. The van der Waals surface area contributed by atoms with E-state index in [-0.39, 0.29) is 24.1 Å². The summed E-state index contributed by atoms with van der Waals surface area (Å²) in [5, 5.41) is 49.5. The zero-order valence-corrected chi connectivity index (χ0v) is 13.4. The van der Waals surface area contributed by atoms with Crippen molar-refractivity contribution < 1.29 is 39.8 Å². The van der Waals surface area contributed by atoms with Gasteiger partial charge >= 0.3 is 6.16 Å². The zero-order valence-electron chi connectivity index (χ0n) is 13.4. The van der Waals surface area contributed by atoms with Gasteiger partial charge in [-0.3, -0.25) is 4.79 Å². The van der Waals surface area contributed by atoms with E-state index in [1.54, 1.807) is 0 Å². The minimum absolute atomic E-state index is 0.0266. The molecule has 0 aromatic heterocycles. The van der Waals surface area contributed by atoms with Gasteiger partial charge < -0.3 is 40.3 Å². The SMILES string of the molecule is O=C1NCC(c2ccc(OC(O)(O)O)c(OC3CCCC3)c2)C1(O)O. The fourth-order valence-corrected chi connectivity index (χ4v) is 3.23. The van der Waals surface area contributed by atoms with Crippen molar-refractivity contribution in [3.63, 3.8) is 0 Å². The van der Waals surface area contributed by atoms with Gasteiger partial charge in [-0.05, 0) is 43.4 Å². The highest BCUT2D eigenvalue weighted by Gasteiger charge is 2.48. The van der Waals surface area contributed by atoms with E-state index in [1.165, 1.54) is 18.2 Å². The van der Waals surface area contributed by atoms with Crippen molar-refractivity contribution in [1.29, 1.82) is 0 Å². The van der Waals surface area contributed by atoms with Crippen molar-refractivity contribution in [1.82, 2.24) is 5.32 Å². The molecular weight excluding hydrogens is 334 g/mol. The van der Waals surface area contributed by atoms with Crippen molar-refractivity contribution >= 4 is 5.91 Å². The Labute approximate surface area is 143 Å². The maximum atomic E-state index is 11.5. The van der Waals surface area contributed by atoms with Gasteiger partial charge in [0.1, 0.15) is 0 Å². The van der Waals surface area contributed by atoms with E-state index < -0.39 is 23.8 Å². The van der Waals surface area contributed by atoms with Crippen LogP contribution in [0.5, 0.6) is 11.5 Å². The molecule has 1 atom stereocenters. The maximum Gasteiger partial charge on any atom is 0.453 e. The molecule has 1 saturated heterocycles. The van der Waals surface area contributed by atoms with Gasteiger partial charge in [0, 0.05) is 6.54 Å². The second-order valence-electron chi connectivity index (χ2n) is 6.40. The molecular formula is C16H21NO8. The lowest BCUT2D eigenvalue weighted by Gasteiger charge is -2.24. The third kappa shape index (κ3) is 3.86. The number of rotatable bonds is 5. The first kappa shape index (κ1) is 17.9. The van der Waals surface area contributed by atoms with Gasteiger partial charge in [-0.2, -0.15) is 0 Å². The van der Waals surface area contributed by atoms with Gasteiger partial charge in [-0.1, -0.05) is 6.07 Å². The molecule has 1 aliphatic heterocycles. The molecule has 3 rings (SSSR count). The highest BCUT2D eigenvalue weighted by Crippen LogP contribution is 2.38. The predicted octanol–water partition coefficient (Wildman–Crippen LogP) is -1.13. The average Bonchev–Trinajstić information content (AvgIpc) is 3.09. The first-order valence-electron chi connectivity index (χ1n) is 8.06. The number of carbonyl (C=O) groups excluding carboxylic acids is 1. The molecule has 9 heteroatoms. The number of ether oxygens (including phenoxy) is 2. The molecule has 0 radical (unpaired) electrons. The van der Waals surface area contributed by atoms with Crippen molar-refractivity contribution in [2.75, 3.05) is 6.54 Å². The normalized spacial score (nSPS) is 23.6. The van der Waals surface area contributed by atoms with Gasteiger partial charge in [0.15, 0.2) is 11.5 Å². The Morgan fingerprint density at radius 3 is 2.36 bits per heavy atom. The summed E-state index contributed by atoms with van der Waals surface area (Å²) < 4.78 is 10.5. The molecule has 9 nitrogen and oxygen atoms in total. The van der Waals surface area contributed by atoms with E-state index in [4.69, 9.17) is 20.1 Å². The summed E-state index contributed by atoms with van der Waals surface area (Å²) in [6, 6.07) is 4.16. The van der Waals surface area contributed by atoms with Crippen molar-refractivity contribution in [3.05, 3.63) is 23.8 Å². The number of carbonyl (C=O) groups is 1. The highest BCUT2D eigenvalue weighted by molar-refractivity contribution is 5.87. The van der Waals surface area contributed by atoms with Crippen LogP contribution in [0.3, 0.4) is 0 Å². The van der Waals surface area contributed by atoms with E-state index in [1.807, 2.05) is 0 Å². The van der Waals surface area contributed by atoms with Crippen LogP contribution in [0.4, 0.5) is 0 Å². The third-order valence-electron chi connectivity index (χ3n) is 4.50. The van der Waals surface area contributed by atoms with E-state index >= 15 is 0 Å². The lowest BCUT2D eigenvalue weighted by Crippen LogP contribution is -2.41. The molecule has 1 unspecified atom stereocenters. The maximum absolute atomic E-state index is 11.5. The zero-order chi connectivity index (χ0) is 18.2. The van der Waals surface area contributed by atoms with Crippen LogP contribution in [0.1, 0.15) is 37.2 Å². The van der Waals surface area contributed by atoms with Crippen LogP contribution in [-0.4, -0.2) is 56.0 Å². The summed E-state index contributed by atoms with van der Waals surface area (Å²) in [5.41, 5.74) is 0.392. The molecule has 1 aromatic carbocycles. The lowest BCUT2D eigenvalue weighted by atomic mass is 9.93. The smallest absolute Gasteiger partial charge is 0.453 e. The number of benzene rings is 1. The number of nitrogens with one attached hydrogen (secondary N) is 1. The number of amides is 1. The summed E-state index contributed by atoms with van der Waals surface area (Å²) in [6.07, 6.45) is 0.167. The topological polar surface area (TPSA) is 149 Å². The van der Waals surface area contributed by atoms with Crippen LogP contribution in [-0.2, 0) is 4.79 Å². The lowest BCUT2D eigenvalue weighted by molar-refractivity contribution is -0.419. The molecule has 25 heavy (non-hydrogen) atoms. The van der Waals surface area contributed by atoms with Gasteiger partial charge in [-0.25, -0.2) is 0 Å². The number of aliphatic hydroxyl groups is 5. The molecule has 1 aliphatic carbocycles. The van der Waals surface area contributed by atoms with Crippen LogP contribution in [0.25, 0.3) is 0 Å². The van der Waals surface area contributed by atoms with Crippen molar-refractivity contribution in [3.8, 4) is 11.5 Å². The van der Waals surface area contributed by atoms with E-state index in [2.05, 4.69) is 10.1 Å². The Morgan fingerprint density at radius 1 is 1.12 bits per heavy atom. The van der Waals surface area contributed by atoms with Crippen LogP contribution >= 0.6 is 0 Å². The average molecular weight is 355 g/mol. The largest absolute Gasteiger partial charge is 0.487 e. The Bertz CT molecular complexity index is 648. The minimum Gasteiger partial charge on any atom is -0.487 e. The molecule has 1 aromatic rings. The van der Waals surface area contributed by atoms with E-state index in [0.29, 0.717) is 5.56 Å². The second kappa shape index (κ2) is 6.43. The van der Waals surface area contributed by atoms with Gasteiger partial charge in [0.05, 0.1) is 12.0 Å². The molecule has 0 spiro atoms. The third-order valence-corrected chi connectivity index (χ3v) is 4.50. The Morgan fingerprint density at radius 2 is 1.80 bits per heavy atom. The van der Waals surface area contributed by atoms with Crippen LogP contribution in [0.15, 0.2) is 18.2 Å². The van der Waals surface area contributed by atoms with Gasteiger partial charge in [0.25, 0.3) is 11.7 Å². The molecule has 2 fully saturated rings. The first-order valence-corrected chi connectivity index (χ1v) is 8.06. The molecule has 1 amide bonds. The fraction of sp³-hybridized carbons (Fsp3) is 0.562. The molecule has 138 valence electrons. The van der Waals surface area contributed by atoms with Crippen LogP contribution in [0.2, 0.25) is 0 Å². The summed E-state index contributed by atoms with van der Waals surface area (Å²) in [7, 11) is 0. The molecule has 1 saturated carbocycles. The van der Waals surface area contributed by atoms with E-state index in [9.17, 15) is 15.0 Å². The molecule has 6 N–H and O–H groups in total. The predicted molar refractivity (Wildman–Crippen MR) is 82.3 cm³/mol. The summed E-state index contributed by atoms with van der Waals surface area (Å²) in [5.74, 6) is -4.39. The standard InChI is InChI=1S/C16H21NO8/c18-14-15(19,20)11(8-17-14)9-5-6-12(25-16(21,22)23)13(7-9)24-10-3-1-2-4-10/h5-7,10-11,19-23H,1-4,8H2,(H,17,18). The van der Waals surface area contributed by atoms with Crippen LogP contribution < -0.4 is 14.8 Å². The fourth-order valence-electron chi connectivity index (χ4n) is 3.23. The summed E-state index contributed by atoms with van der Waals surface area (Å²) >= 11 is 0. The Balaban J connectivity index is 1.91. The highest BCUT2D eigenvalue weighted by atomic mass is 16.9. The van der Waals surface area contributed by atoms with Gasteiger partial charge in [-0.15, -0.1) is 0 Å². The molecule has 0 bridgehead atoms. The van der Waals surface area contributed by atoms with E-state index in [0.717, 1.165) is 25.7 Å². The molecule has 1 heterocycles. The minimum atomic E-state index is -3.38. The second-order valence-corrected chi connectivity index (χ2v) is 6.40. The summed E-state index contributed by atoms with van der Waals surface area (Å²) in [6.45, 7) is 0.0266.